The van der Waals surface area contributed by atoms with E-state index in [-0.39, 0.29) is 12.3 Å². The molecule has 0 atom stereocenters. The third-order valence-corrected chi connectivity index (χ3v) is 2.91. The highest BCUT2D eigenvalue weighted by atomic mass is 16.5. The standard InChI is InChI=1S/C18H17NO4/c1-2-22-17(20)11-9-14-8-10-16(19-12-14)18(21)23-13-15-6-4-3-5-7-15/h3-12H,2,13H2,1H3/b11-9+. The topological polar surface area (TPSA) is 65.5 Å². The minimum Gasteiger partial charge on any atom is -0.463 e. The summed E-state index contributed by atoms with van der Waals surface area (Å²) in [5, 5.41) is 0. The molecule has 0 saturated heterocycles. The van der Waals surface area contributed by atoms with E-state index >= 15 is 0 Å². The van der Waals surface area contributed by atoms with Crippen LogP contribution in [-0.4, -0.2) is 23.5 Å². The number of hydrogen-bond donors (Lipinski definition) is 0. The summed E-state index contributed by atoms with van der Waals surface area (Å²) in [5.41, 5.74) is 1.82. The number of pyridine rings is 1. The van der Waals surface area contributed by atoms with E-state index in [4.69, 9.17) is 9.47 Å². The van der Waals surface area contributed by atoms with Gasteiger partial charge in [0.25, 0.3) is 0 Å². The van der Waals surface area contributed by atoms with Gasteiger partial charge in [0.05, 0.1) is 6.61 Å². The minimum atomic E-state index is -0.491. The molecule has 5 heteroatoms. The second-order valence-corrected chi connectivity index (χ2v) is 4.62. The predicted octanol–water partition coefficient (Wildman–Crippen LogP) is 3.01. The molecule has 0 saturated carbocycles. The summed E-state index contributed by atoms with van der Waals surface area (Å²) in [4.78, 5) is 27.1. The molecule has 2 rings (SSSR count). The Bertz CT molecular complexity index is 678. The first-order valence-electron chi connectivity index (χ1n) is 7.21. The third-order valence-electron chi connectivity index (χ3n) is 2.91. The Kier molecular flexibility index (Phi) is 6.06. The lowest BCUT2D eigenvalue weighted by Gasteiger charge is -2.04. The van der Waals surface area contributed by atoms with E-state index in [1.807, 2.05) is 30.3 Å². The highest BCUT2D eigenvalue weighted by Crippen LogP contribution is 2.07. The quantitative estimate of drug-likeness (QED) is 0.606. The van der Waals surface area contributed by atoms with Gasteiger partial charge in [-0.15, -0.1) is 0 Å². The van der Waals surface area contributed by atoms with Crippen molar-refractivity contribution in [2.45, 2.75) is 13.5 Å². The lowest BCUT2D eigenvalue weighted by Crippen LogP contribution is -2.07. The maximum Gasteiger partial charge on any atom is 0.357 e. The second-order valence-electron chi connectivity index (χ2n) is 4.62. The molecule has 0 aliphatic rings. The van der Waals surface area contributed by atoms with Gasteiger partial charge in [0.15, 0.2) is 0 Å². The zero-order valence-electron chi connectivity index (χ0n) is 12.8. The van der Waals surface area contributed by atoms with Crippen LogP contribution in [0.5, 0.6) is 0 Å². The van der Waals surface area contributed by atoms with E-state index in [0.29, 0.717) is 12.2 Å². The zero-order chi connectivity index (χ0) is 16.5. The Morgan fingerprint density at radius 1 is 1.09 bits per heavy atom. The summed E-state index contributed by atoms with van der Waals surface area (Å²) in [6, 6.07) is 12.7. The second kappa shape index (κ2) is 8.48. The number of esters is 2. The van der Waals surface area contributed by atoms with Crippen molar-refractivity contribution >= 4 is 18.0 Å². The molecule has 1 heterocycles. The highest BCUT2D eigenvalue weighted by Gasteiger charge is 2.08. The number of rotatable bonds is 6. The Balaban J connectivity index is 1.91. The van der Waals surface area contributed by atoms with Crippen LogP contribution in [0.3, 0.4) is 0 Å². The lowest BCUT2D eigenvalue weighted by molar-refractivity contribution is -0.137. The first kappa shape index (κ1) is 16.4. The van der Waals surface area contributed by atoms with Crippen LogP contribution in [0.25, 0.3) is 6.08 Å². The first-order chi connectivity index (χ1) is 11.2. The summed E-state index contributed by atoms with van der Waals surface area (Å²) in [7, 11) is 0. The normalized spacial score (nSPS) is 10.5. The smallest absolute Gasteiger partial charge is 0.357 e. The molecule has 0 amide bonds. The van der Waals surface area contributed by atoms with Gasteiger partial charge >= 0.3 is 11.9 Å². The number of nitrogens with zero attached hydrogens (tertiary/aromatic N) is 1. The molecule has 23 heavy (non-hydrogen) atoms. The fraction of sp³-hybridized carbons (Fsp3) is 0.167. The van der Waals surface area contributed by atoms with E-state index in [1.165, 1.54) is 12.3 Å². The molecule has 118 valence electrons. The largest absolute Gasteiger partial charge is 0.463 e. The maximum absolute atomic E-state index is 11.9. The van der Waals surface area contributed by atoms with Crippen molar-refractivity contribution in [2.75, 3.05) is 6.61 Å². The lowest BCUT2D eigenvalue weighted by atomic mass is 10.2. The van der Waals surface area contributed by atoms with Crippen molar-refractivity contribution in [2.24, 2.45) is 0 Å². The molecule has 1 aromatic heterocycles. The van der Waals surface area contributed by atoms with Crippen LogP contribution in [0, 0.1) is 0 Å². The summed E-state index contributed by atoms with van der Waals surface area (Å²) >= 11 is 0. The average molecular weight is 311 g/mol. The number of benzene rings is 1. The van der Waals surface area contributed by atoms with Crippen LogP contribution >= 0.6 is 0 Å². The Morgan fingerprint density at radius 3 is 2.52 bits per heavy atom. The van der Waals surface area contributed by atoms with Crippen molar-refractivity contribution in [3.8, 4) is 0 Å². The van der Waals surface area contributed by atoms with Gasteiger partial charge in [-0.25, -0.2) is 14.6 Å². The van der Waals surface area contributed by atoms with Crippen molar-refractivity contribution in [1.82, 2.24) is 4.98 Å². The van der Waals surface area contributed by atoms with Gasteiger partial charge in [0, 0.05) is 12.3 Å². The third kappa shape index (κ3) is 5.39. The summed E-state index contributed by atoms with van der Waals surface area (Å²) < 4.78 is 9.97. The van der Waals surface area contributed by atoms with Crippen molar-refractivity contribution in [1.29, 1.82) is 0 Å². The van der Waals surface area contributed by atoms with Gasteiger partial charge in [0.2, 0.25) is 0 Å². The van der Waals surface area contributed by atoms with Gasteiger partial charge in [-0.05, 0) is 30.2 Å². The SMILES string of the molecule is CCOC(=O)/C=C/c1ccc(C(=O)OCc2ccccc2)nc1. The molecule has 5 nitrogen and oxygen atoms in total. The van der Waals surface area contributed by atoms with Crippen molar-refractivity contribution in [3.05, 3.63) is 71.6 Å². The molecule has 0 aliphatic heterocycles. The van der Waals surface area contributed by atoms with Gasteiger partial charge < -0.3 is 9.47 Å². The van der Waals surface area contributed by atoms with Crippen LogP contribution in [0.1, 0.15) is 28.5 Å². The first-order valence-corrected chi connectivity index (χ1v) is 7.21. The molecule has 0 radical (unpaired) electrons. The molecule has 0 N–H and O–H groups in total. The number of ether oxygens (including phenoxy) is 2. The number of carbonyl (C=O) groups excluding carboxylic acids is 2. The van der Waals surface area contributed by atoms with Crippen LogP contribution < -0.4 is 0 Å². The van der Waals surface area contributed by atoms with E-state index in [1.54, 1.807) is 25.1 Å². The van der Waals surface area contributed by atoms with Gasteiger partial charge in [0.1, 0.15) is 12.3 Å². The Morgan fingerprint density at radius 2 is 1.87 bits per heavy atom. The number of carbonyl (C=O) groups is 2. The summed E-state index contributed by atoms with van der Waals surface area (Å²) in [6.45, 7) is 2.27. The molecule has 0 bridgehead atoms. The van der Waals surface area contributed by atoms with Crippen LogP contribution in [0.15, 0.2) is 54.7 Å². The van der Waals surface area contributed by atoms with Gasteiger partial charge in [-0.3, -0.25) is 0 Å². The average Bonchev–Trinajstić information content (AvgIpc) is 2.59. The molecular formula is C18H17NO4. The van der Waals surface area contributed by atoms with Crippen LogP contribution in [0.2, 0.25) is 0 Å². The van der Waals surface area contributed by atoms with Crippen molar-refractivity contribution < 1.29 is 19.1 Å². The molecule has 0 aliphatic carbocycles. The highest BCUT2D eigenvalue weighted by molar-refractivity contribution is 5.88. The number of aromatic nitrogens is 1. The Labute approximate surface area is 134 Å². The van der Waals surface area contributed by atoms with E-state index in [9.17, 15) is 9.59 Å². The molecule has 1 aromatic carbocycles. The van der Waals surface area contributed by atoms with Gasteiger partial charge in [-0.1, -0.05) is 36.4 Å². The van der Waals surface area contributed by atoms with Gasteiger partial charge in [-0.2, -0.15) is 0 Å². The molecule has 0 spiro atoms. The van der Waals surface area contributed by atoms with Crippen LogP contribution in [-0.2, 0) is 20.9 Å². The van der Waals surface area contributed by atoms with Crippen LogP contribution in [0.4, 0.5) is 0 Å². The summed E-state index contributed by atoms with van der Waals surface area (Å²) in [6.07, 6.45) is 4.38. The van der Waals surface area contributed by atoms with E-state index in [2.05, 4.69) is 4.98 Å². The zero-order valence-corrected chi connectivity index (χ0v) is 12.8. The molecule has 0 fully saturated rings. The minimum absolute atomic E-state index is 0.200. The maximum atomic E-state index is 11.9. The fourth-order valence-electron chi connectivity index (χ4n) is 1.78. The number of hydrogen-bond acceptors (Lipinski definition) is 5. The predicted molar refractivity (Wildman–Crippen MR) is 85.5 cm³/mol. The Hall–Kier alpha value is -2.95. The summed E-state index contributed by atoms with van der Waals surface area (Å²) in [5.74, 6) is -0.909. The monoisotopic (exact) mass is 311 g/mol. The van der Waals surface area contributed by atoms with Crippen molar-refractivity contribution in [3.63, 3.8) is 0 Å². The van der Waals surface area contributed by atoms with E-state index < -0.39 is 11.9 Å². The molecule has 0 unspecified atom stereocenters. The molecular weight excluding hydrogens is 294 g/mol. The fourth-order valence-corrected chi connectivity index (χ4v) is 1.78. The van der Waals surface area contributed by atoms with E-state index in [0.717, 1.165) is 5.56 Å². The molecule has 2 aromatic rings.